The summed E-state index contributed by atoms with van der Waals surface area (Å²) in [7, 11) is 0. The Labute approximate surface area is 121 Å². The zero-order chi connectivity index (χ0) is 15.0. The second-order valence-electron chi connectivity index (χ2n) is 5.47. The van der Waals surface area contributed by atoms with Crippen LogP contribution in [0.25, 0.3) is 0 Å². The molecule has 0 saturated heterocycles. The zero-order valence-electron chi connectivity index (χ0n) is 12.7. The fraction of sp³-hybridized carbons (Fsp3) is 0.562. The molecule has 1 aromatic carbocycles. The Kier molecular flexibility index (Phi) is 7.09. The molecule has 1 aromatic rings. The third-order valence-corrected chi connectivity index (χ3v) is 3.19. The predicted molar refractivity (Wildman–Crippen MR) is 81.9 cm³/mol. The van der Waals surface area contributed by atoms with Gasteiger partial charge in [0.1, 0.15) is 5.75 Å². The summed E-state index contributed by atoms with van der Waals surface area (Å²) in [5, 5.41) is 2.84. The number of nitrogens with two attached hydrogens (primary N) is 1. The van der Waals surface area contributed by atoms with Gasteiger partial charge in [0, 0.05) is 6.54 Å². The van der Waals surface area contributed by atoms with E-state index < -0.39 is 0 Å². The van der Waals surface area contributed by atoms with Crippen molar-refractivity contribution in [3.63, 3.8) is 0 Å². The summed E-state index contributed by atoms with van der Waals surface area (Å²) in [5.74, 6) is 1.63. The zero-order valence-corrected chi connectivity index (χ0v) is 12.7. The Bertz CT molecular complexity index is 401. The van der Waals surface area contributed by atoms with E-state index in [1.54, 1.807) is 0 Å². The maximum absolute atomic E-state index is 11.6. The Morgan fingerprint density at radius 2 is 1.90 bits per heavy atom. The van der Waals surface area contributed by atoms with Crippen molar-refractivity contribution in [1.82, 2.24) is 5.32 Å². The van der Waals surface area contributed by atoms with Gasteiger partial charge < -0.3 is 15.8 Å². The van der Waals surface area contributed by atoms with Crippen molar-refractivity contribution in [2.24, 2.45) is 11.7 Å². The van der Waals surface area contributed by atoms with Crippen LogP contribution in [0.3, 0.4) is 0 Å². The van der Waals surface area contributed by atoms with Crippen molar-refractivity contribution < 1.29 is 9.53 Å². The predicted octanol–water partition coefficient (Wildman–Crippen LogP) is 2.29. The van der Waals surface area contributed by atoms with Crippen LogP contribution in [-0.2, 0) is 4.79 Å². The molecule has 112 valence electrons. The molecule has 0 bridgehead atoms. The molecule has 0 saturated carbocycles. The van der Waals surface area contributed by atoms with Gasteiger partial charge in [-0.1, -0.05) is 32.9 Å². The number of hydrogen-bond donors (Lipinski definition) is 2. The molecule has 1 rings (SSSR count). The number of benzene rings is 1. The minimum absolute atomic E-state index is 0.00380. The lowest BCUT2D eigenvalue weighted by Gasteiger charge is -2.11. The van der Waals surface area contributed by atoms with Crippen LogP contribution in [0, 0.1) is 5.92 Å². The Morgan fingerprint density at radius 3 is 2.45 bits per heavy atom. The van der Waals surface area contributed by atoms with E-state index in [9.17, 15) is 4.79 Å². The minimum Gasteiger partial charge on any atom is -0.493 e. The number of nitrogens with one attached hydrogen (secondary N) is 1. The molecule has 1 atom stereocenters. The van der Waals surface area contributed by atoms with E-state index >= 15 is 0 Å². The van der Waals surface area contributed by atoms with Gasteiger partial charge in [0.05, 0.1) is 13.0 Å². The first-order valence-electron chi connectivity index (χ1n) is 7.22. The summed E-state index contributed by atoms with van der Waals surface area (Å²) in [6, 6.07) is 8.01. The van der Waals surface area contributed by atoms with Gasteiger partial charge in [-0.25, -0.2) is 0 Å². The molecule has 3 N–H and O–H groups in total. The average Bonchev–Trinajstić information content (AvgIpc) is 2.45. The van der Waals surface area contributed by atoms with E-state index in [0.717, 1.165) is 5.75 Å². The topological polar surface area (TPSA) is 64.3 Å². The van der Waals surface area contributed by atoms with E-state index in [-0.39, 0.29) is 5.91 Å². The first-order chi connectivity index (χ1) is 9.52. The number of hydrogen-bond acceptors (Lipinski definition) is 3. The van der Waals surface area contributed by atoms with Gasteiger partial charge in [-0.3, -0.25) is 4.79 Å². The number of carbonyl (C=O) groups is 1. The maximum Gasteiger partial charge on any atom is 0.223 e. The Balaban J connectivity index is 2.25. The quantitative estimate of drug-likeness (QED) is 0.767. The molecule has 0 radical (unpaired) electrons. The lowest BCUT2D eigenvalue weighted by Crippen LogP contribution is -2.31. The molecule has 20 heavy (non-hydrogen) atoms. The van der Waals surface area contributed by atoms with Crippen LogP contribution in [0.4, 0.5) is 0 Å². The van der Waals surface area contributed by atoms with Gasteiger partial charge in [0.2, 0.25) is 5.91 Å². The molecule has 0 spiro atoms. The third-order valence-electron chi connectivity index (χ3n) is 3.19. The van der Waals surface area contributed by atoms with Crippen LogP contribution in [0.5, 0.6) is 5.75 Å². The van der Waals surface area contributed by atoms with Gasteiger partial charge in [-0.2, -0.15) is 0 Å². The highest BCUT2D eigenvalue weighted by atomic mass is 16.5. The smallest absolute Gasteiger partial charge is 0.223 e. The average molecular weight is 278 g/mol. The Morgan fingerprint density at radius 1 is 1.25 bits per heavy atom. The van der Waals surface area contributed by atoms with E-state index in [0.29, 0.717) is 38.0 Å². The highest BCUT2D eigenvalue weighted by Gasteiger charge is 2.05. The first kappa shape index (κ1) is 16.5. The van der Waals surface area contributed by atoms with Gasteiger partial charge in [0.15, 0.2) is 0 Å². The molecule has 0 aromatic heterocycles. The largest absolute Gasteiger partial charge is 0.493 e. The molecule has 0 aliphatic carbocycles. The van der Waals surface area contributed by atoms with Crippen molar-refractivity contribution in [3.05, 3.63) is 29.8 Å². The molecular weight excluding hydrogens is 252 g/mol. The molecule has 0 heterocycles. The van der Waals surface area contributed by atoms with Crippen molar-refractivity contribution in [1.29, 1.82) is 0 Å². The molecule has 4 heteroatoms. The minimum atomic E-state index is 0.00380. The SMILES string of the molecule is CC(CN)CNC(=O)CCOc1ccc(C(C)C)cc1. The standard InChI is InChI=1S/C16H26N2O2/c1-12(2)14-4-6-15(7-5-14)20-9-8-16(19)18-11-13(3)10-17/h4-7,12-13H,8-11,17H2,1-3H3,(H,18,19). The summed E-state index contributed by atoms with van der Waals surface area (Å²) < 4.78 is 5.56. The van der Waals surface area contributed by atoms with Gasteiger partial charge >= 0.3 is 0 Å². The van der Waals surface area contributed by atoms with E-state index in [1.165, 1.54) is 5.56 Å². The molecule has 0 fully saturated rings. The number of ether oxygens (including phenoxy) is 1. The van der Waals surface area contributed by atoms with Gasteiger partial charge in [0.25, 0.3) is 0 Å². The van der Waals surface area contributed by atoms with Gasteiger partial charge in [-0.15, -0.1) is 0 Å². The maximum atomic E-state index is 11.6. The molecule has 4 nitrogen and oxygen atoms in total. The highest BCUT2D eigenvalue weighted by Crippen LogP contribution is 2.18. The normalized spacial score (nSPS) is 12.2. The van der Waals surface area contributed by atoms with Crippen molar-refractivity contribution in [2.75, 3.05) is 19.7 Å². The number of amides is 1. The fourth-order valence-corrected chi connectivity index (χ4v) is 1.67. The highest BCUT2D eigenvalue weighted by molar-refractivity contribution is 5.75. The van der Waals surface area contributed by atoms with Crippen molar-refractivity contribution in [2.45, 2.75) is 33.1 Å². The van der Waals surface area contributed by atoms with E-state index in [1.807, 2.05) is 19.1 Å². The monoisotopic (exact) mass is 278 g/mol. The Hall–Kier alpha value is -1.55. The van der Waals surface area contributed by atoms with Crippen LogP contribution >= 0.6 is 0 Å². The summed E-state index contributed by atoms with van der Waals surface area (Å²) in [5.41, 5.74) is 6.77. The van der Waals surface area contributed by atoms with Crippen LogP contribution in [-0.4, -0.2) is 25.6 Å². The van der Waals surface area contributed by atoms with Gasteiger partial charge in [-0.05, 0) is 36.1 Å². The number of carbonyl (C=O) groups excluding carboxylic acids is 1. The molecule has 0 aliphatic heterocycles. The molecule has 0 aliphatic rings. The van der Waals surface area contributed by atoms with E-state index in [4.69, 9.17) is 10.5 Å². The summed E-state index contributed by atoms with van der Waals surface area (Å²) in [6.45, 7) is 7.92. The second-order valence-corrected chi connectivity index (χ2v) is 5.47. The fourth-order valence-electron chi connectivity index (χ4n) is 1.67. The molecular formula is C16H26N2O2. The van der Waals surface area contributed by atoms with Crippen LogP contribution < -0.4 is 15.8 Å². The van der Waals surface area contributed by atoms with Crippen LogP contribution in [0.15, 0.2) is 24.3 Å². The second kappa shape index (κ2) is 8.59. The molecule has 1 amide bonds. The lowest BCUT2D eigenvalue weighted by molar-refractivity contribution is -0.121. The lowest BCUT2D eigenvalue weighted by atomic mass is 10.0. The summed E-state index contributed by atoms with van der Waals surface area (Å²) in [6.07, 6.45) is 0.364. The summed E-state index contributed by atoms with van der Waals surface area (Å²) in [4.78, 5) is 11.6. The van der Waals surface area contributed by atoms with Crippen LogP contribution in [0.1, 0.15) is 38.7 Å². The molecule has 1 unspecified atom stereocenters. The number of rotatable bonds is 8. The summed E-state index contributed by atoms with van der Waals surface area (Å²) >= 11 is 0. The van der Waals surface area contributed by atoms with Crippen molar-refractivity contribution >= 4 is 5.91 Å². The first-order valence-corrected chi connectivity index (χ1v) is 7.22. The van der Waals surface area contributed by atoms with Crippen molar-refractivity contribution in [3.8, 4) is 5.75 Å². The van der Waals surface area contributed by atoms with Crippen LogP contribution in [0.2, 0.25) is 0 Å². The van der Waals surface area contributed by atoms with E-state index in [2.05, 4.69) is 31.3 Å². The third kappa shape index (κ3) is 6.06.